The molecule has 5 nitrogen and oxygen atoms in total. The van der Waals surface area contributed by atoms with Crippen LogP contribution in [0.4, 0.5) is 4.79 Å². The monoisotopic (exact) mass is 301 g/mol. The molecule has 0 saturated heterocycles. The number of hydrogen-bond donors (Lipinski definition) is 2. The molecule has 0 spiro atoms. The standard InChI is InChI=1S/C17H23N3O2/c1-11-14(8-13-6-4-3-5-7-13)9-15(12(2)21)10-16(11)19-20-17(18)22/h3-7,11,14-15H,8-10H2,1-2H3,(H3,18,20,22)/t11-,14-,15-/m0/s1. The van der Waals surface area contributed by atoms with Gasteiger partial charge in [0.1, 0.15) is 5.78 Å². The van der Waals surface area contributed by atoms with Gasteiger partial charge in [-0.2, -0.15) is 5.10 Å². The predicted octanol–water partition coefficient (Wildman–Crippen LogP) is 2.50. The van der Waals surface area contributed by atoms with Crippen LogP contribution in [0.3, 0.4) is 0 Å². The summed E-state index contributed by atoms with van der Waals surface area (Å²) >= 11 is 0. The molecule has 3 N–H and O–H groups in total. The van der Waals surface area contributed by atoms with Crippen molar-refractivity contribution in [3.05, 3.63) is 35.9 Å². The van der Waals surface area contributed by atoms with E-state index in [4.69, 9.17) is 5.73 Å². The maximum atomic E-state index is 11.8. The van der Waals surface area contributed by atoms with Gasteiger partial charge < -0.3 is 5.73 Å². The van der Waals surface area contributed by atoms with Gasteiger partial charge in [-0.1, -0.05) is 37.3 Å². The molecule has 0 radical (unpaired) electrons. The molecule has 3 atom stereocenters. The van der Waals surface area contributed by atoms with Gasteiger partial charge in [-0.3, -0.25) is 4.79 Å². The maximum Gasteiger partial charge on any atom is 0.332 e. The lowest BCUT2D eigenvalue weighted by Crippen LogP contribution is -2.37. The number of nitrogens with two attached hydrogens (primary N) is 1. The Morgan fingerprint density at radius 2 is 2.00 bits per heavy atom. The molecule has 0 unspecified atom stereocenters. The van der Waals surface area contributed by atoms with Crippen LogP contribution in [0.1, 0.15) is 32.3 Å². The zero-order chi connectivity index (χ0) is 16.1. The van der Waals surface area contributed by atoms with E-state index in [1.165, 1.54) is 5.56 Å². The number of ketones is 1. The van der Waals surface area contributed by atoms with Gasteiger partial charge in [0.05, 0.1) is 0 Å². The quantitative estimate of drug-likeness (QED) is 0.837. The van der Waals surface area contributed by atoms with Crippen LogP contribution in [0.25, 0.3) is 0 Å². The molecule has 5 heteroatoms. The molecule has 0 bridgehead atoms. The summed E-state index contributed by atoms with van der Waals surface area (Å²) in [6.45, 7) is 3.73. The van der Waals surface area contributed by atoms with Crippen LogP contribution in [0.15, 0.2) is 35.4 Å². The lowest BCUT2D eigenvalue weighted by molar-refractivity contribution is -0.121. The molecule has 118 valence electrons. The Morgan fingerprint density at radius 3 is 2.59 bits per heavy atom. The summed E-state index contributed by atoms with van der Waals surface area (Å²) in [5.74, 6) is 0.691. The summed E-state index contributed by atoms with van der Waals surface area (Å²) in [4.78, 5) is 22.7. The molecule has 1 aliphatic rings. The first-order valence-electron chi connectivity index (χ1n) is 7.63. The Morgan fingerprint density at radius 1 is 1.32 bits per heavy atom. The normalized spacial score (nSPS) is 26.6. The van der Waals surface area contributed by atoms with Gasteiger partial charge in [0.2, 0.25) is 0 Å². The fourth-order valence-electron chi connectivity index (χ4n) is 3.12. The third-order valence-corrected chi connectivity index (χ3v) is 4.50. The molecular weight excluding hydrogens is 278 g/mol. The van der Waals surface area contributed by atoms with Crippen molar-refractivity contribution in [1.29, 1.82) is 0 Å². The highest BCUT2D eigenvalue weighted by Gasteiger charge is 2.34. The van der Waals surface area contributed by atoms with E-state index >= 15 is 0 Å². The number of amides is 2. The average molecular weight is 301 g/mol. The van der Waals surface area contributed by atoms with Crippen molar-refractivity contribution in [2.75, 3.05) is 0 Å². The van der Waals surface area contributed by atoms with Crippen molar-refractivity contribution in [1.82, 2.24) is 5.43 Å². The Balaban J connectivity index is 2.18. The van der Waals surface area contributed by atoms with E-state index in [2.05, 4.69) is 29.6 Å². The molecule has 1 aliphatic carbocycles. The second-order valence-electron chi connectivity index (χ2n) is 6.07. The van der Waals surface area contributed by atoms with Crippen molar-refractivity contribution in [2.24, 2.45) is 28.6 Å². The highest BCUT2D eigenvalue weighted by Crippen LogP contribution is 2.34. The van der Waals surface area contributed by atoms with E-state index in [1.54, 1.807) is 6.92 Å². The van der Waals surface area contributed by atoms with Crippen molar-refractivity contribution in [3.63, 3.8) is 0 Å². The third-order valence-electron chi connectivity index (χ3n) is 4.50. The highest BCUT2D eigenvalue weighted by molar-refractivity contribution is 5.93. The molecule has 1 aromatic rings. The lowest BCUT2D eigenvalue weighted by atomic mass is 9.70. The largest absolute Gasteiger partial charge is 0.350 e. The maximum absolute atomic E-state index is 11.8. The second kappa shape index (κ2) is 7.20. The number of rotatable bonds is 4. The number of carbonyl (C=O) groups is 2. The minimum atomic E-state index is -0.677. The molecule has 1 aromatic carbocycles. The number of nitrogens with one attached hydrogen (secondary N) is 1. The van der Waals surface area contributed by atoms with E-state index in [0.29, 0.717) is 12.3 Å². The Hall–Kier alpha value is -2.17. The highest BCUT2D eigenvalue weighted by atomic mass is 16.2. The van der Waals surface area contributed by atoms with Gasteiger partial charge in [-0.15, -0.1) is 0 Å². The first kappa shape index (κ1) is 16.2. The first-order valence-corrected chi connectivity index (χ1v) is 7.63. The number of benzene rings is 1. The molecular formula is C17H23N3O2. The third kappa shape index (κ3) is 4.16. The van der Waals surface area contributed by atoms with Crippen LogP contribution in [0, 0.1) is 17.8 Å². The van der Waals surface area contributed by atoms with Crippen LogP contribution in [-0.4, -0.2) is 17.5 Å². The molecule has 2 amide bonds. The number of hydrazone groups is 1. The van der Waals surface area contributed by atoms with Crippen LogP contribution in [0.5, 0.6) is 0 Å². The molecule has 0 aliphatic heterocycles. The van der Waals surface area contributed by atoms with Gasteiger partial charge in [-0.25, -0.2) is 10.2 Å². The minimum Gasteiger partial charge on any atom is -0.350 e. The van der Waals surface area contributed by atoms with Crippen LogP contribution in [-0.2, 0) is 11.2 Å². The summed E-state index contributed by atoms with van der Waals surface area (Å²) in [5, 5.41) is 4.13. The number of carbonyl (C=O) groups excluding carboxylic acids is 2. The van der Waals surface area contributed by atoms with Crippen molar-refractivity contribution < 1.29 is 9.59 Å². The van der Waals surface area contributed by atoms with Crippen LogP contribution < -0.4 is 11.2 Å². The van der Waals surface area contributed by atoms with E-state index in [1.807, 2.05) is 18.2 Å². The summed E-state index contributed by atoms with van der Waals surface area (Å²) in [6, 6.07) is 9.56. The number of Topliss-reactive ketones (excluding diaryl/α,β-unsaturated/α-hetero) is 1. The second-order valence-corrected chi connectivity index (χ2v) is 6.07. The van der Waals surface area contributed by atoms with E-state index in [9.17, 15) is 9.59 Å². The van der Waals surface area contributed by atoms with Gasteiger partial charge in [-0.05, 0) is 43.6 Å². The minimum absolute atomic E-state index is 0.0293. The molecule has 0 heterocycles. The zero-order valence-corrected chi connectivity index (χ0v) is 13.1. The lowest BCUT2D eigenvalue weighted by Gasteiger charge is -2.34. The molecule has 22 heavy (non-hydrogen) atoms. The Kier molecular flexibility index (Phi) is 5.31. The van der Waals surface area contributed by atoms with Crippen molar-refractivity contribution >= 4 is 17.5 Å². The predicted molar refractivity (Wildman–Crippen MR) is 86.4 cm³/mol. The molecule has 1 fully saturated rings. The fraction of sp³-hybridized carbons (Fsp3) is 0.471. The van der Waals surface area contributed by atoms with Gasteiger partial charge in [0.15, 0.2) is 0 Å². The SMILES string of the molecule is CC(=O)[C@@H]1CC(=NNC(N)=O)[C@@H](C)[C@@H](Cc2ccccc2)C1. The van der Waals surface area contributed by atoms with E-state index < -0.39 is 6.03 Å². The van der Waals surface area contributed by atoms with Gasteiger partial charge in [0, 0.05) is 11.6 Å². The first-order chi connectivity index (χ1) is 10.5. The number of urea groups is 1. The average Bonchev–Trinajstić information content (AvgIpc) is 2.48. The van der Waals surface area contributed by atoms with E-state index in [-0.39, 0.29) is 17.6 Å². The zero-order valence-electron chi connectivity index (χ0n) is 13.1. The van der Waals surface area contributed by atoms with E-state index in [0.717, 1.165) is 18.6 Å². The Labute approximate surface area is 131 Å². The fourth-order valence-corrected chi connectivity index (χ4v) is 3.12. The summed E-state index contributed by atoms with van der Waals surface area (Å²) in [7, 11) is 0. The molecule has 2 rings (SSSR count). The van der Waals surface area contributed by atoms with Crippen LogP contribution in [0.2, 0.25) is 0 Å². The summed E-state index contributed by atoms with van der Waals surface area (Å²) in [6.07, 6.45) is 2.37. The van der Waals surface area contributed by atoms with Gasteiger partial charge in [0.25, 0.3) is 0 Å². The van der Waals surface area contributed by atoms with Crippen molar-refractivity contribution in [2.45, 2.75) is 33.1 Å². The Bertz CT molecular complexity index is 569. The summed E-state index contributed by atoms with van der Waals surface area (Å²) < 4.78 is 0. The topological polar surface area (TPSA) is 84.6 Å². The smallest absolute Gasteiger partial charge is 0.332 e. The van der Waals surface area contributed by atoms with Crippen molar-refractivity contribution in [3.8, 4) is 0 Å². The van der Waals surface area contributed by atoms with Crippen LogP contribution >= 0.6 is 0 Å². The number of hydrogen-bond acceptors (Lipinski definition) is 3. The molecule has 1 saturated carbocycles. The number of nitrogens with zero attached hydrogens (tertiary/aromatic N) is 1. The molecule has 0 aromatic heterocycles. The van der Waals surface area contributed by atoms with Gasteiger partial charge >= 0.3 is 6.03 Å². The number of primary amides is 1. The summed E-state index contributed by atoms with van der Waals surface area (Å²) in [5.41, 5.74) is 9.50.